The van der Waals surface area contributed by atoms with Crippen molar-refractivity contribution >= 4 is 11.8 Å². The molecule has 0 radical (unpaired) electrons. The van der Waals surface area contributed by atoms with Crippen LogP contribution < -0.4 is 0 Å². The summed E-state index contributed by atoms with van der Waals surface area (Å²) in [6.45, 7) is 5.24. The fourth-order valence-corrected chi connectivity index (χ4v) is 2.89. The predicted molar refractivity (Wildman–Crippen MR) is 84.5 cm³/mol. The highest BCUT2D eigenvalue weighted by Crippen LogP contribution is 2.20. The molecule has 1 rings (SSSR count). The van der Waals surface area contributed by atoms with E-state index in [0.29, 0.717) is 0 Å². The lowest BCUT2D eigenvalue weighted by atomic mass is 10.2. The number of thioether (sulfide) groups is 1. The Hall–Kier alpha value is 0.01000. The number of unbranched alkanes of at least 4 members (excludes halogenated alkanes) is 5. The van der Waals surface area contributed by atoms with Crippen molar-refractivity contribution in [3.8, 4) is 0 Å². The second kappa shape index (κ2) is 11.8. The second-order valence-electron chi connectivity index (χ2n) is 5.22. The average molecular weight is 286 g/mol. The number of ether oxygens (including phenoxy) is 2. The van der Waals surface area contributed by atoms with Gasteiger partial charge in [-0.15, -0.1) is 11.8 Å². The summed E-state index contributed by atoms with van der Waals surface area (Å²) in [7, 11) is 0. The predicted octanol–water partition coefficient (Wildman–Crippen LogP) is 5.14. The topological polar surface area (TPSA) is 18.5 Å². The van der Waals surface area contributed by atoms with E-state index in [1.165, 1.54) is 44.9 Å². The van der Waals surface area contributed by atoms with Gasteiger partial charge in [-0.25, -0.2) is 0 Å². The molecule has 1 fully saturated rings. The van der Waals surface area contributed by atoms with Crippen LogP contribution in [0.2, 0.25) is 0 Å². The fourth-order valence-electron chi connectivity index (χ4n) is 2.12. The van der Waals surface area contributed by atoms with E-state index in [0.717, 1.165) is 18.8 Å². The van der Waals surface area contributed by atoms with Gasteiger partial charge in [0.2, 0.25) is 0 Å². The summed E-state index contributed by atoms with van der Waals surface area (Å²) >= 11 is 1.85. The minimum absolute atomic E-state index is 0.0608. The summed E-state index contributed by atoms with van der Waals surface area (Å²) in [5.41, 5.74) is 0. The zero-order valence-electron chi connectivity index (χ0n) is 12.6. The summed E-state index contributed by atoms with van der Waals surface area (Å²) in [6, 6.07) is 0. The van der Waals surface area contributed by atoms with Crippen molar-refractivity contribution in [1.29, 1.82) is 0 Å². The molecule has 0 aliphatic carbocycles. The smallest absolute Gasteiger partial charge is 0.158 e. The molecule has 0 aromatic carbocycles. The number of hydrogen-bond donors (Lipinski definition) is 0. The first-order valence-corrected chi connectivity index (χ1v) is 8.95. The van der Waals surface area contributed by atoms with Crippen LogP contribution in [0.3, 0.4) is 0 Å². The largest absolute Gasteiger partial charge is 0.350 e. The molecule has 1 saturated heterocycles. The molecule has 2 unspecified atom stereocenters. The third-order valence-corrected chi connectivity index (χ3v) is 4.25. The Labute approximate surface area is 123 Å². The van der Waals surface area contributed by atoms with Crippen LogP contribution in [0, 0.1) is 0 Å². The second-order valence-corrected chi connectivity index (χ2v) is 6.16. The van der Waals surface area contributed by atoms with Gasteiger partial charge >= 0.3 is 0 Å². The van der Waals surface area contributed by atoms with Crippen molar-refractivity contribution in [2.75, 3.05) is 12.4 Å². The molecule has 0 aromatic heterocycles. The molecular formula is C16H30O2S. The summed E-state index contributed by atoms with van der Waals surface area (Å²) in [5.74, 6) is 1.02. The summed E-state index contributed by atoms with van der Waals surface area (Å²) < 4.78 is 11.5. The van der Waals surface area contributed by atoms with E-state index >= 15 is 0 Å². The Morgan fingerprint density at radius 1 is 1.11 bits per heavy atom. The van der Waals surface area contributed by atoms with Crippen LogP contribution in [-0.4, -0.2) is 24.8 Å². The molecule has 0 amide bonds. The number of rotatable bonds is 11. The van der Waals surface area contributed by atoms with E-state index in [1.54, 1.807) is 0 Å². The normalized spacial score (nSPS) is 23.5. The molecular weight excluding hydrogens is 256 g/mol. The van der Waals surface area contributed by atoms with Crippen molar-refractivity contribution < 1.29 is 9.47 Å². The van der Waals surface area contributed by atoms with Gasteiger partial charge in [0.1, 0.15) is 0 Å². The van der Waals surface area contributed by atoms with E-state index in [2.05, 4.69) is 25.3 Å². The third kappa shape index (κ3) is 8.72. The van der Waals surface area contributed by atoms with Gasteiger partial charge in [0.15, 0.2) is 6.29 Å². The van der Waals surface area contributed by atoms with Gasteiger partial charge in [-0.05, 0) is 31.1 Å². The molecule has 0 N–H and O–H groups in total. The molecule has 112 valence electrons. The molecule has 1 aliphatic heterocycles. The minimum atomic E-state index is 0.0608. The fraction of sp³-hybridized carbons (Fsp3) is 0.875. The van der Waals surface area contributed by atoms with Crippen molar-refractivity contribution in [2.45, 2.75) is 77.6 Å². The van der Waals surface area contributed by atoms with E-state index in [1.807, 2.05) is 11.8 Å². The summed E-state index contributed by atoms with van der Waals surface area (Å²) in [6.07, 6.45) is 12.6. The van der Waals surface area contributed by atoms with Crippen molar-refractivity contribution in [2.24, 2.45) is 0 Å². The van der Waals surface area contributed by atoms with Crippen LogP contribution in [-0.2, 0) is 9.47 Å². The molecule has 1 aliphatic rings. The highest BCUT2D eigenvalue weighted by molar-refractivity contribution is 8.02. The molecule has 0 aromatic rings. The van der Waals surface area contributed by atoms with Crippen LogP contribution in [0.25, 0.3) is 0 Å². The maximum absolute atomic E-state index is 5.88. The lowest BCUT2D eigenvalue weighted by molar-refractivity contribution is -0.0596. The Morgan fingerprint density at radius 2 is 1.89 bits per heavy atom. The van der Waals surface area contributed by atoms with Gasteiger partial charge in [-0.1, -0.05) is 45.6 Å². The van der Waals surface area contributed by atoms with E-state index in [-0.39, 0.29) is 12.4 Å². The molecule has 0 bridgehead atoms. The maximum atomic E-state index is 5.88. The standard InChI is InChI=1S/C16H30O2S/c1-3-5-7-8-10-12-19-14-15-13-17-16(18-15)11-9-6-4-2/h10,12,15-16H,3-9,11,13-14H2,1-2H3. The third-order valence-electron chi connectivity index (χ3n) is 3.30. The van der Waals surface area contributed by atoms with E-state index in [9.17, 15) is 0 Å². The van der Waals surface area contributed by atoms with Crippen LogP contribution in [0.5, 0.6) is 0 Å². The zero-order valence-corrected chi connectivity index (χ0v) is 13.4. The minimum Gasteiger partial charge on any atom is -0.350 e. The molecule has 1 heterocycles. The van der Waals surface area contributed by atoms with Crippen LogP contribution >= 0.6 is 11.8 Å². The number of allylic oxidation sites excluding steroid dienone is 1. The van der Waals surface area contributed by atoms with Gasteiger partial charge in [-0.2, -0.15) is 0 Å². The van der Waals surface area contributed by atoms with Gasteiger partial charge in [-0.3, -0.25) is 0 Å². The van der Waals surface area contributed by atoms with Crippen molar-refractivity contribution in [1.82, 2.24) is 0 Å². The van der Waals surface area contributed by atoms with Gasteiger partial charge < -0.3 is 9.47 Å². The molecule has 0 spiro atoms. The monoisotopic (exact) mass is 286 g/mol. The van der Waals surface area contributed by atoms with E-state index < -0.39 is 0 Å². The van der Waals surface area contributed by atoms with E-state index in [4.69, 9.17) is 9.47 Å². The van der Waals surface area contributed by atoms with Gasteiger partial charge in [0, 0.05) is 5.75 Å². The first-order valence-electron chi connectivity index (χ1n) is 7.90. The molecule has 2 nitrogen and oxygen atoms in total. The SMILES string of the molecule is CCCCCC=CSCC1COC(CCCCC)O1. The lowest BCUT2D eigenvalue weighted by Crippen LogP contribution is -2.14. The maximum Gasteiger partial charge on any atom is 0.158 e. The molecule has 2 atom stereocenters. The molecule has 19 heavy (non-hydrogen) atoms. The first kappa shape index (κ1) is 17.1. The average Bonchev–Trinajstić information content (AvgIpc) is 2.86. The lowest BCUT2D eigenvalue weighted by Gasteiger charge is -2.10. The zero-order chi connectivity index (χ0) is 13.8. The number of hydrogen-bond acceptors (Lipinski definition) is 3. The first-order chi connectivity index (χ1) is 9.36. The van der Waals surface area contributed by atoms with Crippen LogP contribution in [0.4, 0.5) is 0 Å². The quantitative estimate of drug-likeness (QED) is 0.490. The Morgan fingerprint density at radius 3 is 2.68 bits per heavy atom. The van der Waals surface area contributed by atoms with Crippen molar-refractivity contribution in [3.63, 3.8) is 0 Å². The van der Waals surface area contributed by atoms with Gasteiger partial charge in [0.05, 0.1) is 12.7 Å². The van der Waals surface area contributed by atoms with Gasteiger partial charge in [0.25, 0.3) is 0 Å². The summed E-state index contributed by atoms with van der Waals surface area (Å²) in [5, 5.41) is 2.23. The Bertz CT molecular complexity index is 231. The Balaban J connectivity index is 1.96. The Kier molecular flexibility index (Phi) is 10.6. The molecule has 3 heteroatoms. The highest BCUT2D eigenvalue weighted by atomic mass is 32.2. The van der Waals surface area contributed by atoms with Crippen LogP contribution in [0.1, 0.15) is 65.2 Å². The van der Waals surface area contributed by atoms with Crippen LogP contribution in [0.15, 0.2) is 11.5 Å². The van der Waals surface area contributed by atoms with Crippen molar-refractivity contribution in [3.05, 3.63) is 11.5 Å². The summed E-state index contributed by atoms with van der Waals surface area (Å²) in [4.78, 5) is 0. The highest BCUT2D eigenvalue weighted by Gasteiger charge is 2.24. The molecule has 0 saturated carbocycles.